The summed E-state index contributed by atoms with van der Waals surface area (Å²) in [6, 6.07) is 2.39. The van der Waals surface area contributed by atoms with E-state index in [9.17, 15) is 0 Å². The fourth-order valence-electron chi connectivity index (χ4n) is 1.87. The Labute approximate surface area is 95.6 Å². The van der Waals surface area contributed by atoms with E-state index in [-0.39, 0.29) is 12.1 Å². The molecular formula is C11H18N4O. The van der Waals surface area contributed by atoms with Crippen molar-refractivity contribution < 1.29 is 4.74 Å². The first-order chi connectivity index (χ1) is 7.66. The molecule has 16 heavy (non-hydrogen) atoms. The van der Waals surface area contributed by atoms with Gasteiger partial charge in [0.05, 0.1) is 0 Å². The normalized spacial score (nSPS) is 24.4. The van der Waals surface area contributed by atoms with Crippen LogP contribution in [-0.4, -0.2) is 36.2 Å². The Bertz CT molecular complexity index is 356. The summed E-state index contributed by atoms with van der Waals surface area (Å²) in [7, 11) is 3.88. The monoisotopic (exact) mass is 222 g/mol. The molecule has 1 fully saturated rings. The number of nitrogens with zero attached hydrogens (tertiary/aromatic N) is 3. The first kappa shape index (κ1) is 11.1. The molecule has 0 unspecified atom stereocenters. The third kappa shape index (κ3) is 2.41. The van der Waals surface area contributed by atoms with Gasteiger partial charge in [0.2, 0.25) is 0 Å². The van der Waals surface area contributed by atoms with Gasteiger partial charge >= 0.3 is 6.01 Å². The smallest absolute Gasteiger partial charge is 0.318 e. The molecule has 2 N–H and O–H groups in total. The van der Waals surface area contributed by atoms with Crippen LogP contribution >= 0.6 is 0 Å². The van der Waals surface area contributed by atoms with Crippen LogP contribution in [0.2, 0.25) is 0 Å². The highest BCUT2D eigenvalue weighted by Gasteiger charge is 2.26. The van der Waals surface area contributed by atoms with E-state index in [1.807, 2.05) is 25.1 Å². The number of aromatic nitrogens is 2. The second kappa shape index (κ2) is 4.65. The van der Waals surface area contributed by atoms with Gasteiger partial charge in [-0.25, -0.2) is 4.98 Å². The highest BCUT2D eigenvalue weighted by atomic mass is 16.5. The average Bonchev–Trinajstić information content (AvgIpc) is 2.65. The fraction of sp³-hybridized carbons (Fsp3) is 0.636. The summed E-state index contributed by atoms with van der Waals surface area (Å²) in [6.45, 7) is 0. The lowest BCUT2D eigenvalue weighted by Gasteiger charge is -2.17. The molecule has 1 aliphatic carbocycles. The molecule has 5 nitrogen and oxygen atoms in total. The molecular weight excluding hydrogens is 204 g/mol. The number of hydrogen-bond donors (Lipinski definition) is 1. The highest BCUT2D eigenvalue weighted by Crippen LogP contribution is 2.22. The van der Waals surface area contributed by atoms with Gasteiger partial charge in [0, 0.05) is 26.3 Å². The van der Waals surface area contributed by atoms with E-state index in [1.165, 1.54) is 0 Å². The lowest BCUT2D eigenvalue weighted by molar-refractivity contribution is 0.175. The number of hydrogen-bond acceptors (Lipinski definition) is 5. The van der Waals surface area contributed by atoms with Gasteiger partial charge in [-0.2, -0.15) is 4.98 Å². The fourth-order valence-corrected chi connectivity index (χ4v) is 1.87. The van der Waals surface area contributed by atoms with Gasteiger partial charge in [0.15, 0.2) is 0 Å². The molecule has 1 aliphatic rings. The molecule has 2 rings (SSSR count). The summed E-state index contributed by atoms with van der Waals surface area (Å²) in [5.41, 5.74) is 5.93. The summed E-state index contributed by atoms with van der Waals surface area (Å²) in [5.74, 6) is 0.844. The van der Waals surface area contributed by atoms with Crippen molar-refractivity contribution in [1.29, 1.82) is 0 Å². The minimum Gasteiger partial charge on any atom is -0.458 e. The van der Waals surface area contributed by atoms with Gasteiger partial charge in [-0.15, -0.1) is 0 Å². The predicted octanol–water partition coefficient (Wildman–Crippen LogP) is 0.801. The van der Waals surface area contributed by atoms with Gasteiger partial charge in [0.25, 0.3) is 0 Å². The molecule has 0 aliphatic heterocycles. The minimum absolute atomic E-state index is 0.0670. The number of rotatable bonds is 3. The van der Waals surface area contributed by atoms with Crippen LogP contribution in [0.15, 0.2) is 12.3 Å². The maximum atomic E-state index is 5.93. The first-order valence-electron chi connectivity index (χ1n) is 5.59. The summed E-state index contributed by atoms with van der Waals surface area (Å²) in [6.07, 6.45) is 4.92. The van der Waals surface area contributed by atoms with Crippen molar-refractivity contribution in [2.24, 2.45) is 5.73 Å². The second-order valence-electron chi connectivity index (χ2n) is 4.34. The Balaban J connectivity index is 2.06. The Morgan fingerprint density at radius 1 is 1.44 bits per heavy atom. The molecule has 0 aromatic carbocycles. The van der Waals surface area contributed by atoms with Gasteiger partial charge in [-0.3, -0.25) is 0 Å². The summed E-state index contributed by atoms with van der Waals surface area (Å²) < 4.78 is 5.70. The zero-order valence-electron chi connectivity index (χ0n) is 9.76. The Kier molecular flexibility index (Phi) is 3.24. The van der Waals surface area contributed by atoms with Crippen LogP contribution in [-0.2, 0) is 0 Å². The van der Waals surface area contributed by atoms with E-state index >= 15 is 0 Å². The minimum atomic E-state index is 0.0670. The van der Waals surface area contributed by atoms with Crippen LogP contribution in [0.3, 0.4) is 0 Å². The Hall–Kier alpha value is -1.36. The molecule has 0 saturated heterocycles. The molecule has 0 amide bonds. The zero-order valence-corrected chi connectivity index (χ0v) is 9.76. The predicted molar refractivity (Wildman–Crippen MR) is 62.6 cm³/mol. The molecule has 1 heterocycles. The maximum Gasteiger partial charge on any atom is 0.318 e. The Morgan fingerprint density at radius 2 is 2.25 bits per heavy atom. The third-order valence-corrected chi connectivity index (χ3v) is 2.84. The van der Waals surface area contributed by atoms with Crippen molar-refractivity contribution in [3.63, 3.8) is 0 Å². The second-order valence-corrected chi connectivity index (χ2v) is 4.34. The standard InChI is InChI=1S/C11H18N4O/c1-15(2)10-6-7-13-11(14-10)16-9-5-3-4-8(9)12/h6-9H,3-5,12H2,1-2H3/t8-,9-/m1/s1. The lowest BCUT2D eigenvalue weighted by atomic mass is 10.2. The summed E-state index contributed by atoms with van der Waals surface area (Å²) in [4.78, 5) is 10.3. The molecule has 5 heteroatoms. The van der Waals surface area contributed by atoms with Crippen molar-refractivity contribution in [1.82, 2.24) is 9.97 Å². The van der Waals surface area contributed by atoms with Crippen molar-refractivity contribution in [3.8, 4) is 6.01 Å². The van der Waals surface area contributed by atoms with Crippen LogP contribution in [0.25, 0.3) is 0 Å². The lowest BCUT2D eigenvalue weighted by Crippen LogP contribution is -2.34. The van der Waals surface area contributed by atoms with Gasteiger partial charge < -0.3 is 15.4 Å². The molecule has 1 aromatic heterocycles. The van der Waals surface area contributed by atoms with E-state index in [1.54, 1.807) is 6.20 Å². The quantitative estimate of drug-likeness (QED) is 0.819. The molecule has 2 atom stereocenters. The van der Waals surface area contributed by atoms with Gasteiger partial charge in [0.1, 0.15) is 11.9 Å². The maximum absolute atomic E-state index is 5.93. The number of nitrogens with two attached hydrogens (primary N) is 1. The van der Waals surface area contributed by atoms with Gasteiger partial charge in [-0.1, -0.05) is 0 Å². The Morgan fingerprint density at radius 3 is 2.88 bits per heavy atom. The van der Waals surface area contributed by atoms with E-state index in [0.29, 0.717) is 6.01 Å². The molecule has 88 valence electrons. The first-order valence-corrected chi connectivity index (χ1v) is 5.59. The van der Waals surface area contributed by atoms with E-state index in [0.717, 1.165) is 25.1 Å². The van der Waals surface area contributed by atoms with Crippen LogP contribution in [0.5, 0.6) is 6.01 Å². The highest BCUT2D eigenvalue weighted by molar-refractivity contribution is 5.35. The van der Waals surface area contributed by atoms with E-state index in [2.05, 4.69) is 9.97 Å². The molecule has 1 saturated carbocycles. The summed E-state index contributed by atoms with van der Waals surface area (Å²) >= 11 is 0. The van der Waals surface area contributed by atoms with E-state index < -0.39 is 0 Å². The van der Waals surface area contributed by atoms with Crippen LogP contribution in [0, 0.1) is 0 Å². The topological polar surface area (TPSA) is 64.3 Å². The summed E-state index contributed by atoms with van der Waals surface area (Å²) in [5, 5.41) is 0. The van der Waals surface area contributed by atoms with Crippen molar-refractivity contribution in [2.75, 3.05) is 19.0 Å². The largest absolute Gasteiger partial charge is 0.458 e. The molecule has 0 spiro atoms. The van der Waals surface area contributed by atoms with Crippen molar-refractivity contribution in [2.45, 2.75) is 31.4 Å². The van der Waals surface area contributed by atoms with Crippen LogP contribution < -0.4 is 15.4 Å². The molecule has 0 bridgehead atoms. The third-order valence-electron chi connectivity index (χ3n) is 2.84. The zero-order chi connectivity index (χ0) is 11.5. The number of anilines is 1. The van der Waals surface area contributed by atoms with Crippen LogP contribution in [0.4, 0.5) is 5.82 Å². The van der Waals surface area contributed by atoms with E-state index in [4.69, 9.17) is 10.5 Å². The van der Waals surface area contributed by atoms with Crippen molar-refractivity contribution >= 4 is 5.82 Å². The molecule has 1 aromatic rings. The average molecular weight is 222 g/mol. The SMILES string of the molecule is CN(C)c1ccnc(O[C@@H]2CCC[C@H]2N)n1. The van der Waals surface area contributed by atoms with Gasteiger partial charge in [-0.05, 0) is 25.3 Å². The molecule has 0 radical (unpaired) electrons. The number of ether oxygens (including phenoxy) is 1. The van der Waals surface area contributed by atoms with Crippen molar-refractivity contribution in [3.05, 3.63) is 12.3 Å². The van der Waals surface area contributed by atoms with Crippen LogP contribution in [0.1, 0.15) is 19.3 Å².